The molecule has 0 heterocycles. The number of carboxylic acids is 2. The molecule has 0 saturated heterocycles. The lowest BCUT2D eigenvalue weighted by Crippen LogP contribution is -2.11. The van der Waals surface area contributed by atoms with Crippen LogP contribution < -0.4 is 0 Å². The van der Waals surface area contributed by atoms with E-state index in [2.05, 4.69) is 13.8 Å². The molecule has 4 nitrogen and oxygen atoms in total. The predicted molar refractivity (Wildman–Crippen MR) is 61.3 cm³/mol. The Labute approximate surface area is 96.7 Å². The van der Waals surface area contributed by atoms with E-state index in [1.54, 1.807) is 0 Å². The number of hydrogen-bond donors (Lipinski definition) is 2. The highest BCUT2D eigenvalue weighted by molar-refractivity contribution is 5.66. The van der Waals surface area contributed by atoms with Gasteiger partial charge in [0.25, 0.3) is 0 Å². The number of hydrogen-bond acceptors (Lipinski definition) is 2. The largest absolute Gasteiger partial charge is 0.481 e. The number of unbranched alkanes of at least 4 members (excludes halogenated alkanes) is 1. The van der Waals surface area contributed by atoms with E-state index in [0.29, 0.717) is 24.7 Å². The number of carbonyl (C=O) groups is 2. The molecule has 0 aliphatic rings. The fraction of sp³-hybridized carbons (Fsp3) is 0.833. The molecular formula is C12H22O4. The second-order valence-corrected chi connectivity index (χ2v) is 4.58. The van der Waals surface area contributed by atoms with Gasteiger partial charge in [-0.3, -0.25) is 9.59 Å². The zero-order valence-corrected chi connectivity index (χ0v) is 10.1. The lowest BCUT2D eigenvalue weighted by molar-refractivity contribution is -0.138. The van der Waals surface area contributed by atoms with Crippen molar-refractivity contribution in [1.29, 1.82) is 0 Å². The first-order chi connectivity index (χ1) is 7.43. The van der Waals surface area contributed by atoms with E-state index in [-0.39, 0.29) is 12.8 Å². The Bertz CT molecular complexity index is 223. The molecule has 0 aromatic carbocycles. The van der Waals surface area contributed by atoms with E-state index in [1.807, 2.05) is 0 Å². The average molecular weight is 230 g/mol. The van der Waals surface area contributed by atoms with E-state index in [4.69, 9.17) is 10.2 Å². The SMILES string of the molecule is CC(C)C(CCCCC(=O)O)CCC(=O)O. The van der Waals surface area contributed by atoms with Gasteiger partial charge in [0, 0.05) is 12.8 Å². The Balaban J connectivity index is 3.76. The Morgan fingerprint density at radius 2 is 1.50 bits per heavy atom. The molecule has 0 bridgehead atoms. The maximum atomic E-state index is 10.5. The molecule has 0 radical (unpaired) electrons. The topological polar surface area (TPSA) is 74.6 Å². The molecule has 1 unspecified atom stereocenters. The van der Waals surface area contributed by atoms with Crippen molar-refractivity contribution in [2.24, 2.45) is 11.8 Å². The quantitative estimate of drug-likeness (QED) is 0.597. The van der Waals surface area contributed by atoms with Gasteiger partial charge in [0.2, 0.25) is 0 Å². The number of carboxylic acid groups (broad SMARTS) is 2. The van der Waals surface area contributed by atoms with E-state index < -0.39 is 11.9 Å². The Hall–Kier alpha value is -1.06. The Kier molecular flexibility index (Phi) is 7.60. The van der Waals surface area contributed by atoms with E-state index >= 15 is 0 Å². The maximum absolute atomic E-state index is 10.5. The fourth-order valence-electron chi connectivity index (χ4n) is 1.80. The van der Waals surface area contributed by atoms with Gasteiger partial charge in [-0.05, 0) is 24.7 Å². The molecular weight excluding hydrogens is 208 g/mol. The normalized spacial score (nSPS) is 12.7. The third-order valence-corrected chi connectivity index (χ3v) is 2.89. The summed E-state index contributed by atoms with van der Waals surface area (Å²) in [5.41, 5.74) is 0. The fourth-order valence-corrected chi connectivity index (χ4v) is 1.80. The van der Waals surface area contributed by atoms with Crippen LogP contribution in [0, 0.1) is 11.8 Å². The van der Waals surface area contributed by atoms with Crippen molar-refractivity contribution in [3.05, 3.63) is 0 Å². The summed E-state index contributed by atoms with van der Waals surface area (Å²) in [6.45, 7) is 4.17. The second kappa shape index (κ2) is 8.13. The first kappa shape index (κ1) is 14.9. The molecule has 16 heavy (non-hydrogen) atoms. The van der Waals surface area contributed by atoms with Crippen LogP contribution in [0.25, 0.3) is 0 Å². The van der Waals surface area contributed by atoms with Gasteiger partial charge >= 0.3 is 11.9 Å². The van der Waals surface area contributed by atoms with E-state index in [1.165, 1.54) is 0 Å². The van der Waals surface area contributed by atoms with E-state index in [0.717, 1.165) is 12.8 Å². The van der Waals surface area contributed by atoms with Crippen LogP contribution in [-0.2, 0) is 9.59 Å². The Morgan fingerprint density at radius 3 is 1.94 bits per heavy atom. The molecule has 4 heteroatoms. The van der Waals surface area contributed by atoms with Crippen molar-refractivity contribution in [2.75, 3.05) is 0 Å². The highest BCUT2D eigenvalue weighted by Crippen LogP contribution is 2.23. The lowest BCUT2D eigenvalue weighted by atomic mass is 9.86. The summed E-state index contributed by atoms with van der Waals surface area (Å²) in [5, 5.41) is 17.1. The van der Waals surface area contributed by atoms with Gasteiger partial charge in [-0.25, -0.2) is 0 Å². The van der Waals surface area contributed by atoms with Crippen LogP contribution in [0.5, 0.6) is 0 Å². The Morgan fingerprint density at radius 1 is 0.938 bits per heavy atom. The summed E-state index contributed by atoms with van der Waals surface area (Å²) in [6, 6.07) is 0. The van der Waals surface area contributed by atoms with Crippen LogP contribution in [0.1, 0.15) is 52.4 Å². The zero-order chi connectivity index (χ0) is 12.6. The van der Waals surface area contributed by atoms with Gasteiger partial charge in [-0.15, -0.1) is 0 Å². The summed E-state index contributed by atoms with van der Waals surface area (Å²) in [6.07, 6.45) is 3.60. The predicted octanol–water partition coefficient (Wildman–Crippen LogP) is 2.77. The minimum absolute atomic E-state index is 0.210. The molecule has 0 fully saturated rings. The smallest absolute Gasteiger partial charge is 0.303 e. The van der Waals surface area contributed by atoms with Gasteiger partial charge < -0.3 is 10.2 Å². The molecule has 0 aliphatic heterocycles. The highest BCUT2D eigenvalue weighted by Gasteiger charge is 2.14. The molecule has 0 rings (SSSR count). The summed E-state index contributed by atoms with van der Waals surface area (Å²) in [5.74, 6) is -0.656. The molecule has 1 atom stereocenters. The first-order valence-electron chi connectivity index (χ1n) is 5.87. The minimum Gasteiger partial charge on any atom is -0.481 e. The molecule has 0 spiro atoms. The monoisotopic (exact) mass is 230 g/mol. The van der Waals surface area contributed by atoms with Crippen LogP contribution in [0.2, 0.25) is 0 Å². The minimum atomic E-state index is -0.758. The van der Waals surface area contributed by atoms with Crippen molar-refractivity contribution in [2.45, 2.75) is 52.4 Å². The van der Waals surface area contributed by atoms with Crippen LogP contribution in [0.3, 0.4) is 0 Å². The maximum Gasteiger partial charge on any atom is 0.303 e. The molecule has 2 N–H and O–H groups in total. The van der Waals surface area contributed by atoms with Gasteiger partial charge in [-0.1, -0.05) is 26.7 Å². The van der Waals surface area contributed by atoms with Crippen LogP contribution in [-0.4, -0.2) is 22.2 Å². The van der Waals surface area contributed by atoms with E-state index in [9.17, 15) is 9.59 Å². The van der Waals surface area contributed by atoms with Crippen LogP contribution in [0.15, 0.2) is 0 Å². The van der Waals surface area contributed by atoms with Crippen LogP contribution in [0.4, 0.5) is 0 Å². The highest BCUT2D eigenvalue weighted by atomic mass is 16.4. The molecule has 94 valence electrons. The average Bonchev–Trinajstić information content (AvgIpc) is 2.15. The molecule has 0 aliphatic carbocycles. The molecule has 0 amide bonds. The van der Waals surface area contributed by atoms with Crippen molar-refractivity contribution >= 4 is 11.9 Å². The van der Waals surface area contributed by atoms with Crippen molar-refractivity contribution in [3.63, 3.8) is 0 Å². The molecule has 0 aromatic rings. The van der Waals surface area contributed by atoms with Gasteiger partial charge in [0.15, 0.2) is 0 Å². The van der Waals surface area contributed by atoms with Crippen LogP contribution >= 0.6 is 0 Å². The first-order valence-corrected chi connectivity index (χ1v) is 5.87. The number of rotatable bonds is 9. The third-order valence-electron chi connectivity index (χ3n) is 2.89. The third kappa shape index (κ3) is 8.26. The lowest BCUT2D eigenvalue weighted by Gasteiger charge is -2.19. The second-order valence-electron chi connectivity index (χ2n) is 4.58. The zero-order valence-electron chi connectivity index (χ0n) is 10.1. The summed E-state index contributed by atoms with van der Waals surface area (Å²) in [4.78, 5) is 20.8. The van der Waals surface area contributed by atoms with Crippen molar-refractivity contribution in [1.82, 2.24) is 0 Å². The van der Waals surface area contributed by atoms with Gasteiger partial charge in [0.05, 0.1) is 0 Å². The van der Waals surface area contributed by atoms with Gasteiger partial charge in [0.1, 0.15) is 0 Å². The summed E-state index contributed by atoms with van der Waals surface area (Å²) >= 11 is 0. The molecule has 0 saturated carbocycles. The van der Waals surface area contributed by atoms with Gasteiger partial charge in [-0.2, -0.15) is 0 Å². The summed E-state index contributed by atoms with van der Waals surface area (Å²) in [7, 11) is 0. The number of aliphatic carboxylic acids is 2. The standard InChI is InChI=1S/C12H22O4/c1-9(2)10(7-8-12(15)16)5-3-4-6-11(13)14/h9-10H,3-8H2,1-2H3,(H,13,14)(H,15,16). The summed E-state index contributed by atoms with van der Waals surface area (Å²) < 4.78 is 0. The van der Waals surface area contributed by atoms with Crippen molar-refractivity contribution < 1.29 is 19.8 Å². The molecule has 0 aromatic heterocycles. The van der Waals surface area contributed by atoms with Crippen molar-refractivity contribution in [3.8, 4) is 0 Å².